The number of nitrogens with zero attached hydrogens (tertiary/aromatic N) is 5. The highest BCUT2D eigenvalue weighted by atomic mass is 32.1. The molecule has 0 saturated heterocycles. The number of ether oxygens (including phenoxy) is 1. The van der Waals surface area contributed by atoms with Crippen LogP contribution in [0, 0.1) is 0 Å². The molecule has 0 atom stereocenters. The van der Waals surface area contributed by atoms with Crippen LogP contribution in [0.15, 0.2) is 83.1 Å². The zero-order chi connectivity index (χ0) is 24.5. The predicted octanol–water partition coefficient (Wildman–Crippen LogP) is 4.79. The number of hydrogen-bond donors (Lipinski definition) is 0. The fourth-order valence-electron chi connectivity index (χ4n) is 3.76. The monoisotopic (exact) mass is 509 g/mol. The van der Waals surface area contributed by atoms with Crippen LogP contribution in [-0.2, 0) is 0 Å². The van der Waals surface area contributed by atoms with Gasteiger partial charge in [0.2, 0.25) is 4.96 Å². The van der Waals surface area contributed by atoms with Crippen LogP contribution in [0.1, 0.15) is 17.0 Å². The van der Waals surface area contributed by atoms with E-state index in [0.717, 1.165) is 33.1 Å². The van der Waals surface area contributed by atoms with Crippen molar-refractivity contribution in [1.29, 1.82) is 0 Å². The van der Waals surface area contributed by atoms with Crippen molar-refractivity contribution in [3.05, 3.63) is 110 Å². The SMILES string of the molecule is COc1ccc(/C=C/c2nc3s/c(=C\c4cn(-c5ccccc5)nc4-c4cccs4)c(=O)n3n2)cc1. The van der Waals surface area contributed by atoms with E-state index in [-0.39, 0.29) is 5.56 Å². The summed E-state index contributed by atoms with van der Waals surface area (Å²) in [4.78, 5) is 19.3. The van der Waals surface area contributed by atoms with Crippen LogP contribution in [0.5, 0.6) is 5.75 Å². The van der Waals surface area contributed by atoms with Gasteiger partial charge < -0.3 is 4.74 Å². The largest absolute Gasteiger partial charge is 0.497 e. The van der Waals surface area contributed by atoms with Crippen molar-refractivity contribution in [3.63, 3.8) is 0 Å². The summed E-state index contributed by atoms with van der Waals surface area (Å²) < 4.78 is 8.94. The van der Waals surface area contributed by atoms with Crippen molar-refractivity contribution in [1.82, 2.24) is 24.4 Å². The van der Waals surface area contributed by atoms with E-state index < -0.39 is 0 Å². The van der Waals surface area contributed by atoms with Crippen molar-refractivity contribution < 1.29 is 4.74 Å². The van der Waals surface area contributed by atoms with Gasteiger partial charge >= 0.3 is 0 Å². The number of hydrogen-bond acceptors (Lipinski definition) is 7. The highest BCUT2D eigenvalue weighted by Gasteiger charge is 2.14. The lowest BCUT2D eigenvalue weighted by atomic mass is 10.2. The molecule has 0 saturated carbocycles. The Hall–Kier alpha value is -4.34. The zero-order valence-electron chi connectivity index (χ0n) is 19.1. The molecule has 6 aromatic rings. The van der Waals surface area contributed by atoms with Crippen molar-refractivity contribution in [2.75, 3.05) is 7.11 Å². The Bertz CT molecular complexity index is 1780. The van der Waals surface area contributed by atoms with Crippen LogP contribution in [0.25, 0.3) is 39.4 Å². The second-order valence-corrected chi connectivity index (χ2v) is 9.83. The van der Waals surface area contributed by atoms with E-state index in [1.54, 1.807) is 24.5 Å². The molecular weight excluding hydrogens is 490 g/mol. The number of thiophene rings is 1. The number of aromatic nitrogens is 5. The highest BCUT2D eigenvalue weighted by molar-refractivity contribution is 7.15. The number of fused-ring (bicyclic) bond motifs is 1. The van der Waals surface area contributed by atoms with Crippen LogP contribution in [0.3, 0.4) is 0 Å². The first-order chi connectivity index (χ1) is 17.7. The maximum Gasteiger partial charge on any atom is 0.291 e. The fourth-order valence-corrected chi connectivity index (χ4v) is 5.39. The van der Waals surface area contributed by atoms with E-state index in [1.165, 1.54) is 15.9 Å². The molecule has 0 radical (unpaired) electrons. The summed E-state index contributed by atoms with van der Waals surface area (Å²) in [6, 6.07) is 21.6. The van der Waals surface area contributed by atoms with Crippen LogP contribution >= 0.6 is 22.7 Å². The Morgan fingerprint density at radius 3 is 2.50 bits per heavy atom. The van der Waals surface area contributed by atoms with Crippen LogP contribution in [0.2, 0.25) is 0 Å². The first kappa shape index (κ1) is 22.1. The quantitative estimate of drug-likeness (QED) is 0.323. The molecule has 0 aliphatic rings. The summed E-state index contributed by atoms with van der Waals surface area (Å²) in [5.74, 6) is 1.28. The third kappa shape index (κ3) is 4.26. The topological polar surface area (TPSA) is 74.3 Å². The van der Waals surface area contributed by atoms with Crippen LogP contribution in [0.4, 0.5) is 0 Å². The molecule has 36 heavy (non-hydrogen) atoms. The summed E-state index contributed by atoms with van der Waals surface area (Å²) in [6.45, 7) is 0. The molecular formula is C27H19N5O2S2. The molecule has 0 N–H and O–H groups in total. The summed E-state index contributed by atoms with van der Waals surface area (Å²) in [7, 11) is 1.64. The van der Waals surface area contributed by atoms with Gasteiger partial charge in [-0.05, 0) is 53.4 Å². The van der Waals surface area contributed by atoms with Gasteiger partial charge in [-0.15, -0.1) is 16.4 Å². The Kier molecular flexibility index (Phi) is 5.76. The van der Waals surface area contributed by atoms with Gasteiger partial charge in [-0.3, -0.25) is 4.79 Å². The number of benzene rings is 2. The second-order valence-electron chi connectivity index (χ2n) is 7.88. The van der Waals surface area contributed by atoms with Gasteiger partial charge in [0.1, 0.15) is 11.4 Å². The van der Waals surface area contributed by atoms with Crippen LogP contribution in [-0.4, -0.2) is 31.5 Å². The molecule has 4 aromatic heterocycles. The Balaban J connectivity index is 1.37. The van der Waals surface area contributed by atoms with Crippen molar-refractivity contribution in [2.45, 2.75) is 0 Å². The molecule has 176 valence electrons. The molecule has 7 nitrogen and oxygen atoms in total. The van der Waals surface area contributed by atoms with E-state index >= 15 is 0 Å². The summed E-state index contributed by atoms with van der Waals surface area (Å²) in [6.07, 6.45) is 7.52. The first-order valence-corrected chi connectivity index (χ1v) is 12.8. The summed E-state index contributed by atoms with van der Waals surface area (Å²) >= 11 is 2.93. The maximum absolute atomic E-state index is 13.1. The molecule has 0 spiro atoms. The van der Waals surface area contributed by atoms with Crippen molar-refractivity contribution >= 4 is 45.9 Å². The van der Waals surface area contributed by atoms with Gasteiger partial charge in [0, 0.05) is 11.8 Å². The van der Waals surface area contributed by atoms with Crippen molar-refractivity contribution in [3.8, 4) is 22.0 Å². The highest BCUT2D eigenvalue weighted by Crippen LogP contribution is 2.28. The van der Waals surface area contributed by atoms with Gasteiger partial charge in [0.25, 0.3) is 5.56 Å². The fraction of sp³-hybridized carbons (Fsp3) is 0.0370. The van der Waals surface area contributed by atoms with Crippen molar-refractivity contribution in [2.24, 2.45) is 0 Å². The molecule has 0 amide bonds. The van der Waals surface area contributed by atoms with Gasteiger partial charge in [-0.25, -0.2) is 4.68 Å². The van der Waals surface area contributed by atoms with E-state index in [4.69, 9.17) is 9.84 Å². The standard InChI is InChI=1S/C27H19N5O2S2/c1-34-21-12-9-18(10-13-21)11-14-24-28-27-32(29-24)26(33)23(36-27)16-19-17-31(20-6-3-2-4-7-20)30-25(19)22-8-5-15-35-22/h2-17H,1H3/b14-11+,23-16-. The zero-order valence-corrected chi connectivity index (χ0v) is 20.7. The van der Waals surface area contributed by atoms with E-state index in [0.29, 0.717) is 15.3 Å². The first-order valence-electron chi connectivity index (χ1n) is 11.1. The molecule has 0 fully saturated rings. The van der Waals surface area contributed by atoms with E-state index in [1.807, 2.05) is 95.1 Å². The van der Waals surface area contributed by atoms with Gasteiger partial charge in [-0.1, -0.05) is 53.8 Å². The van der Waals surface area contributed by atoms with Crippen LogP contribution < -0.4 is 14.8 Å². The molecule has 2 aromatic carbocycles. The minimum absolute atomic E-state index is 0.198. The molecule has 0 aliphatic carbocycles. The molecule has 0 bridgehead atoms. The lowest BCUT2D eigenvalue weighted by Crippen LogP contribution is -2.23. The minimum atomic E-state index is -0.198. The third-order valence-corrected chi connectivity index (χ3v) is 7.38. The molecule has 0 unspecified atom stereocenters. The van der Waals surface area contributed by atoms with Gasteiger partial charge in [-0.2, -0.15) is 14.6 Å². The number of methoxy groups -OCH3 is 1. The lowest BCUT2D eigenvalue weighted by Gasteiger charge is -1.99. The maximum atomic E-state index is 13.1. The Morgan fingerprint density at radius 1 is 0.944 bits per heavy atom. The molecule has 9 heteroatoms. The number of para-hydroxylation sites is 1. The predicted molar refractivity (Wildman–Crippen MR) is 145 cm³/mol. The summed E-state index contributed by atoms with van der Waals surface area (Å²) in [5, 5.41) is 11.2. The van der Waals surface area contributed by atoms with Gasteiger partial charge in [0.05, 0.1) is 22.2 Å². The Morgan fingerprint density at radius 2 is 1.78 bits per heavy atom. The van der Waals surface area contributed by atoms with E-state index in [2.05, 4.69) is 10.1 Å². The number of rotatable bonds is 6. The average Bonchev–Trinajstić information content (AvgIpc) is 3.70. The normalized spacial score (nSPS) is 12.2. The van der Waals surface area contributed by atoms with Gasteiger partial charge in [0.15, 0.2) is 5.82 Å². The molecule has 4 heterocycles. The van der Waals surface area contributed by atoms with E-state index in [9.17, 15) is 4.79 Å². The summed E-state index contributed by atoms with van der Waals surface area (Å²) in [5.41, 5.74) is 3.43. The second kappa shape index (κ2) is 9.37. The molecule has 0 aliphatic heterocycles. The molecule has 6 rings (SSSR count). The Labute approximate surface area is 213 Å². The number of thiazole rings is 1. The smallest absolute Gasteiger partial charge is 0.291 e. The minimum Gasteiger partial charge on any atom is -0.497 e. The lowest BCUT2D eigenvalue weighted by molar-refractivity contribution is 0.415. The average molecular weight is 510 g/mol. The third-order valence-electron chi connectivity index (χ3n) is 5.54.